The zero-order valence-electron chi connectivity index (χ0n) is 13.5. The normalized spacial score (nSPS) is 12.2. The molecule has 0 spiro atoms. The van der Waals surface area contributed by atoms with Crippen LogP contribution in [0.2, 0.25) is 0 Å². The Hall–Kier alpha value is -2.30. The summed E-state index contributed by atoms with van der Waals surface area (Å²) in [5.74, 6) is -0.191. The van der Waals surface area contributed by atoms with Gasteiger partial charge in [-0.15, -0.1) is 0 Å². The largest absolute Gasteiger partial charge is 0.493 e. The van der Waals surface area contributed by atoms with Crippen LogP contribution in [-0.2, 0) is 14.3 Å². The number of esters is 1. The molecule has 0 heterocycles. The summed E-state index contributed by atoms with van der Waals surface area (Å²) < 4.78 is 10.5. The van der Waals surface area contributed by atoms with Crippen LogP contribution in [0.4, 0.5) is 0 Å². The molecule has 0 saturated heterocycles. The van der Waals surface area contributed by atoms with Crippen LogP contribution in [0, 0.1) is 0 Å². The van der Waals surface area contributed by atoms with Gasteiger partial charge in [0.2, 0.25) is 0 Å². The molecule has 5 heteroatoms. The Morgan fingerprint density at radius 1 is 1.23 bits per heavy atom. The van der Waals surface area contributed by atoms with Gasteiger partial charge in [-0.2, -0.15) is 0 Å². The number of ether oxygens (including phenoxy) is 2. The number of rotatable bonds is 7. The van der Waals surface area contributed by atoms with Crippen molar-refractivity contribution in [3.63, 3.8) is 0 Å². The number of carbonyl (C=O) groups is 2. The molecular weight excluding hydrogens is 282 g/mol. The molecule has 0 radical (unpaired) electrons. The lowest BCUT2D eigenvalue weighted by molar-refractivity contribution is -0.150. The number of hydrogen-bond donors (Lipinski definition) is 1. The molecule has 1 aromatic rings. The molecule has 22 heavy (non-hydrogen) atoms. The summed E-state index contributed by atoms with van der Waals surface area (Å²) in [5, 5.41) is 2.69. The predicted octanol–water partition coefficient (Wildman–Crippen LogP) is 2.55. The molecule has 0 saturated carbocycles. The molecular formula is C17H23NO4. The van der Waals surface area contributed by atoms with Crippen LogP contribution >= 0.6 is 0 Å². The van der Waals surface area contributed by atoms with Crippen LogP contribution in [0.5, 0.6) is 5.75 Å². The highest BCUT2D eigenvalue weighted by Crippen LogP contribution is 2.19. The van der Waals surface area contributed by atoms with Crippen LogP contribution in [0.25, 0.3) is 6.08 Å². The lowest BCUT2D eigenvalue weighted by Crippen LogP contribution is -2.39. The molecule has 1 amide bonds. The van der Waals surface area contributed by atoms with Crippen molar-refractivity contribution in [2.75, 3.05) is 6.61 Å². The van der Waals surface area contributed by atoms with Crippen molar-refractivity contribution < 1.29 is 19.1 Å². The van der Waals surface area contributed by atoms with E-state index in [-0.39, 0.29) is 11.9 Å². The van der Waals surface area contributed by atoms with Crippen molar-refractivity contribution in [3.8, 4) is 5.75 Å². The molecule has 0 aliphatic rings. The van der Waals surface area contributed by atoms with Gasteiger partial charge in [0, 0.05) is 17.7 Å². The van der Waals surface area contributed by atoms with Gasteiger partial charge in [0.15, 0.2) is 6.10 Å². The van der Waals surface area contributed by atoms with Gasteiger partial charge in [-0.1, -0.05) is 18.2 Å². The second-order valence-electron chi connectivity index (χ2n) is 5.05. The number of benzene rings is 1. The Labute approximate surface area is 131 Å². The Balaban J connectivity index is 2.63. The van der Waals surface area contributed by atoms with Gasteiger partial charge >= 0.3 is 5.97 Å². The first-order valence-electron chi connectivity index (χ1n) is 7.35. The molecule has 120 valence electrons. The summed E-state index contributed by atoms with van der Waals surface area (Å²) >= 11 is 0. The number of nitrogens with one attached hydrogen (secondary N) is 1. The van der Waals surface area contributed by atoms with Gasteiger partial charge < -0.3 is 14.8 Å². The van der Waals surface area contributed by atoms with E-state index in [1.807, 2.05) is 45.0 Å². The maximum Gasteiger partial charge on any atom is 0.331 e. The van der Waals surface area contributed by atoms with Crippen LogP contribution in [-0.4, -0.2) is 30.6 Å². The van der Waals surface area contributed by atoms with Crippen molar-refractivity contribution in [3.05, 3.63) is 35.9 Å². The smallest absolute Gasteiger partial charge is 0.331 e. The molecule has 1 N–H and O–H groups in total. The Morgan fingerprint density at radius 2 is 1.91 bits per heavy atom. The molecule has 1 rings (SSSR count). The Bertz CT molecular complexity index is 537. The van der Waals surface area contributed by atoms with E-state index >= 15 is 0 Å². The fraction of sp³-hybridized carbons (Fsp3) is 0.412. The van der Waals surface area contributed by atoms with Crippen LogP contribution in [0.1, 0.15) is 33.3 Å². The van der Waals surface area contributed by atoms with Gasteiger partial charge in [0.05, 0.1) is 6.61 Å². The van der Waals surface area contributed by atoms with Gasteiger partial charge in [0.25, 0.3) is 5.91 Å². The van der Waals surface area contributed by atoms with E-state index in [1.165, 1.54) is 13.0 Å². The van der Waals surface area contributed by atoms with Gasteiger partial charge in [0.1, 0.15) is 5.75 Å². The molecule has 0 aromatic heterocycles. The summed E-state index contributed by atoms with van der Waals surface area (Å²) in [6.45, 7) is 7.66. The zero-order chi connectivity index (χ0) is 16.5. The van der Waals surface area contributed by atoms with Crippen molar-refractivity contribution >= 4 is 18.0 Å². The van der Waals surface area contributed by atoms with Gasteiger partial charge in [-0.05, 0) is 39.8 Å². The van der Waals surface area contributed by atoms with Gasteiger partial charge in [-0.3, -0.25) is 4.79 Å². The van der Waals surface area contributed by atoms with Crippen molar-refractivity contribution in [1.82, 2.24) is 5.32 Å². The topological polar surface area (TPSA) is 64.6 Å². The van der Waals surface area contributed by atoms with E-state index in [1.54, 1.807) is 6.08 Å². The predicted molar refractivity (Wildman–Crippen MR) is 85.5 cm³/mol. The van der Waals surface area contributed by atoms with Crippen molar-refractivity contribution in [1.29, 1.82) is 0 Å². The summed E-state index contributed by atoms with van der Waals surface area (Å²) in [4.78, 5) is 23.4. The molecule has 0 unspecified atom stereocenters. The van der Waals surface area contributed by atoms with E-state index < -0.39 is 12.1 Å². The summed E-state index contributed by atoms with van der Waals surface area (Å²) in [5.41, 5.74) is 0.778. The minimum Gasteiger partial charge on any atom is -0.493 e. The third-order valence-electron chi connectivity index (χ3n) is 2.71. The van der Waals surface area contributed by atoms with E-state index in [0.29, 0.717) is 12.4 Å². The minimum absolute atomic E-state index is 0.00210. The monoisotopic (exact) mass is 305 g/mol. The molecule has 0 aliphatic heterocycles. The molecule has 1 aromatic carbocycles. The molecule has 0 fully saturated rings. The fourth-order valence-electron chi connectivity index (χ4n) is 1.73. The summed E-state index contributed by atoms with van der Waals surface area (Å²) in [6, 6.07) is 7.38. The summed E-state index contributed by atoms with van der Waals surface area (Å²) in [7, 11) is 0. The van der Waals surface area contributed by atoms with E-state index in [4.69, 9.17) is 9.47 Å². The number of para-hydroxylation sites is 1. The standard InChI is InChI=1S/C17H23NO4/c1-5-21-15-9-7-6-8-14(15)10-11-16(19)22-13(4)17(20)18-12(2)3/h6-13H,5H2,1-4H3,(H,18,20)/b11-10+/t13-/m0/s1. The van der Waals surface area contributed by atoms with Crippen LogP contribution < -0.4 is 10.1 Å². The van der Waals surface area contributed by atoms with E-state index in [0.717, 1.165) is 5.56 Å². The molecule has 1 atom stereocenters. The van der Waals surface area contributed by atoms with Gasteiger partial charge in [-0.25, -0.2) is 4.79 Å². The molecule has 5 nitrogen and oxygen atoms in total. The number of amides is 1. The first-order valence-corrected chi connectivity index (χ1v) is 7.35. The fourth-order valence-corrected chi connectivity index (χ4v) is 1.73. The lowest BCUT2D eigenvalue weighted by Gasteiger charge is -2.14. The maximum absolute atomic E-state index is 11.8. The van der Waals surface area contributed by atoms with E-state index in [9.17, 15) is 9.59 Å². The van der Waals surface area contributed by atoms with Crippen molar-refractivity contribution in [2.45, 2.75) is 39.8 Å². The van der Waals surface area contributed by atoms with Crippen LogP contribution in [0.15, 0.2) is 30.3 Å². The Kier molecular flexibility index (Phi) is 7.16. The highest BCUT2D eigenvalue weighted by Gasteiger charge is 2.16. The number of carbonyl (C=O) groups excluding carboxylic acids is 2. The SMILES string of the molecule is CCOc1ccccc1/C=C/C(=O)O[C@@H](C)C(=O)NC(C)C. The number of hydrogen-bond acceptors (Lipinski definition) is 4. The first kappa shape index (κ1) is 17.8. The zero-order valence-corrected chi connectivity index (χ0v) is 13.5. The second kappa shape index (κ2) is 8.87. The maximum atomic E-state index is 11.8. The Morgan fingerprint density at radius 3 is 2.55 bits per heavy atom. The quantitative estimate of drug-likeness (QED) is 0.621. The average molecular weight is 305 g/mol. The third-order valence-corrected chi connectivity index (χ3v) is 2.71. The highest BCUT2D eigenvalue weighted by molar-refractivity contribution is 5.90. The van der Waals surface area contributed by atoms with Crippen molar-refractivity contribution in [2.24, 2.45) is 0 Å². The second-order valence-corrected chi connectivity index (χ2v) is 5.05. The average Bonchev–Trinajstić information content (AvgIpc) is 2.46. The molecule has 0 bridgehead atoms. The highest BCUT2D eigenvalue weighted by atomic mass is 16.5. The summed E-state index contributed by atoms with van der Waals surface area (Å²) in [6.07, 6.45) is 2.07. The molecule has 0 aliphatic carbocycles. The third kappa shape index (κ3) is 5.99. The van der Waals surface area contributed by atoms with E-state index in [2.05, 4.69) is 5.32 Å². The van der Waals surface area contributed by atoms with Crippen LogP contribution in [0.3, 0.4) is 0 Å². The first-order chi connectivity index (χ1) is 10.4. The lowest BCUT2D eigenvalue weighted by atomic mass is 10.2. The minimum atomic E-state index is -0.832.